The molecule has 2 saturated heterocycles. The van der Waals surface area contributed by atoms with Crippen LogP contribution >= 0.6 is 12.4 Å². The summed E-state index contributed by atoms with van der Waals surface area (Å²) >= 11 is 0. The number of benzene rings is 1. The van der Waals surface area contributed by atoms with E-state index in [0.717, 1.165) is 56.1 Å². The first-order valence-electron chi connectivity index (χ1n) is 8.75. The van der Waals surface area contributed by atoms with Gasteiger partial charge in [-0.05, 0) is 74.7 Å². The van der Waals surface area contributed by atoms with Crippen LogP contribution in [0.2, 0.25) is 0 Å². The maximum absolute atomic E-state index is 12.7. The lowest BCUT2D eigenvalue weighted by Gasteiger charge is -2.31. The van der Waals surface area contributed by atoms with Gasteiger partial charge in [-0.25, -0.2) is 0 Å². The maximum Gasteiger partial charge on any atom is 0.254 e. The van der Waals surface area contributed by atoms with Crippen molar-refractivity contribution in [1.82, 2.24) is 10.2 Å². The van der Waals surface area contributed by atoms with Gasteiger partial charge in [-0.3, -0.25) is 4.79 Å². The topological polar surface area (TPSA) is 32.3 Å². The van der Waals surface area contributed by atoms with E-state index in [4.69, 9.17) is 0 Å². The molecular formula is C19H29ClN2O. The first kappa shape index (κ1) is 18.3. The molecule has 23 heavy (non-hydrogen) atoms. The molecule has 1 aromatic carbocycles. The third-order valence-corrected chi connectivity index (χ3v) is 5.36. The van der Waals surface area contributed by atoms with Gasteiger partial charge in [-0.15, -0.1) is 12.4 Å². The van der Waals surface area contributed by atoms with Crippen LogP contribution in [-0.4, -0.2) is 37.0 Å². The zero-order valence-electron chi connectivity index (χ0n) is 14.3. The summed E-state index contributed by atoms with van der Waals surface area (Å²) < 4.78 is 0. The minimum atomic E-state index is 0. The summed E-state index contributed by atoms with van der Waals surface area (Å²) in [5.41, 5.74) is 3.44. The van der Waals surface area contributed by atoms with Crippen LogP contribution in [0.25, 0.3) is 0 Å². The van der Waals surface area contributed by atoms with Gasteiger partial charge in [0.1, 0.15) is 0 Å². The lowest BCUT2D eigenvalue weighted by Crippen LogP contribution is -2.38. The maximum atomic E-state index is 12.7. The summed E-state index contributed by atoms with van der Waals surface area (Å²) in [5, 5.41) is 3.41. The number of aryl methyl sites for hydroxylation is 1. The molecule has 0 bridgehead atoms. The molecule has 0 saturated carbocycles. The van der Waals surface area contributed by atoms with Crippen molar-refractivity contribution in [3.63, 3.8) is 0 Å². The van der Waals surface area contributed by atoms with Gasteiger partial charge in [0.15, 0.2) is 0 Å². The molecule has 2 aliphatic rings. The second kappa shape index (κ2) is 8.16. The number of hydrogen-bond acceptors (Lipinski definition) is 2. The normalized spacial score (nSPS) is 20.2. The van der Waals surface area contributed by atoms with Gasteiger partial charge in [0, 0.05) is 18.7 Å². The fourth-order valence-electron chi connectivity index (χ4n) is 3.72. The fourth-order valence-corrected chi connectivity index (χ4v) is 3.72. The van der Waals surface area contributed by atoms with Crippen LogP contribution in [0.3, 0.4) is 0 Å². The molecule has 128 valence electrons. The molecule has 1 N–H and O–H groups in total. The van der Waals surface area contributed by atoms with Crippen LogP contribution in [-0.2, 0) is 0 Å². The fraction of sp³-hybridized carbons (Fsp3) is 0.632. The van der Waals surface area contributed by atoms with Crippen LogP contribution in [0.1, 0.15) is 60.0 Å². The van der Waals surface area contributed by atoms with Gasteiger partial charge in [0.05, 0.1) is 0 Å². The summed E-state index contributed by atoms with van der Waals surface area (Å²) in [7, 11) is 0. The van der Waals surface area contributed by atoms with Crippen molar-refractivity contribution in [2.24, 2.45) is 5.92 Å². The first-order chi connectivity index (χ1) is 10.6. The SMILES string of the molecule is Cc1cc(C2CCNCC2)ccc1C(=O)N1CCC(C)CC1.Cl. The molecule has 4 heteroatoms. The number of carbonyl (C=O) groups excluding carboxylic acids is 1. The van der Waals surface area contributed by atoms with Crippen LogP contribution in [0.5, 0.6) is 0 Å². The van der Waals surface area contributed by atoms with Crippen molar-refractivity contribution in [3.8, 4) is 0 Å². The Morgan fingerprint density at radius 1 is 1.13 bits per heavy atom. The lowest BCUT2D eigenvalue weighted by molar-refractivity contribution is 0.0696. The third-order valence-electron chi connectivity index (χ3n) is 5.36. The van der Waals surface area contributed by atoms with Crippen molar-refractivity contribution in [2.75, 3.05) is 26.2 Å². The van der Waals surface area contributed by atoms with E-state index in [1.807, 2.05) is 4.90 Å². The third kappa shape index (κ3) is 4.27. The van der Waals surface area contributed by atoms with Crippen molar-refractivity contribution in [2.45, 2.75) is 45.4 Å². The predicted octanol–water partition coefficient (Wildman–Crippen LogP) is 3.76. The van der Waals surface area contributed by atoms with E-state index < -0.39 is 0 Å². The van der Waals surface area contributed by atoms with Crippen molar-refractivity contribution >= 4 is 18.3 Å². The molecule has 2 heterocycles. The van der Waals surface area contributed by atoms with Crippen LogP contribution in [0.4, 0.5) is 0 Å². The Balaban J connectivity index is 0.00000192. The van der Waals surface area contributed by atoms with E-state index >= 15 is 0 Å². The van der Waals surface area contributed by atoms with Gasteiger partial charge in [0.25, 0.3) is 5.91 Å². The Morgan fingerprint density at radius 3 is 2.39 bits per heavy atom. The summed E-state index contributed by atoms with van der Waals surface area (Å²) in [6.45, 7) is 8.41. The Kier molecular flexibility index (Phi) is 6.49. The Bertz CT molecular complexity index is 532. The van der Waals surface area contributed by atoms with E-state index in [0.29, 0.717) is 5.92 Å². The number of nitrogens with zero attached hydrogens (tertiary/aromatic N) is 1. The standard InChI is InChI=1S/C19H28N2O.ClH/c1-14-7-11-21(12-8-14)19(22)18-4-3-17(13-15(18)2)16-5-9-20-10-6-16;/h3-4,13-14,16,20H,5-12H2,1-2H3;1H. The van der Waals surface area contributed by atoms with Gasteiger partial charge >= 0.3 is 0 Å². The monoisotopic (exact) mass is 336 g/mol. The Hall–Kier alpha value is -1.06. The average molecular weight is 337 g/mol. The van der Waals surface area contributed by atoms with Crippen LogP contribution in [0, 0.1) is 12.8 Å². The van der Waals surface area contributed by atoms with E-state index in [9.17, 15) is 4.79 Å². The molecule has 1 amide bonds. The molecule has 0 spiro atoms. The summed E-state index contributed by atoms with van der Waals surface area (Å²) in [6, 6.07) is 6.49. The first-order valence-corrected chi connectivity index (χ1v) is 8.75. The molecule has 0 unspecified atom stereocenters. The molecule has 2 fully saturated rings. The predicted molar refractivity (Wildman–Crippen MR) is 97.6 cm³/mol. The minimum Gasteiger partial charge on any atom is -0.339 e. The number of rotatable bonds is 2. The second-order valence-corrected chi connectivity index (χ2v) is 7.07. The summed E-state index contributed by atoms with van der Waals surface area (Å²) in [4.78, 5) is 14.8. The Morgan fingerprint density at radius 2 is 1.78 bits per heavy atom. The lowest BCUT2D eigenvalue weighted by atomic mass is 9.88. The van der Waals surface area contributed by atoms with E-state index in [1.54, 1.807) is 0 Å². The zero-order valence-corrected chi connectivity index (χ0v) is 15.1. The van der Waals surface area contributed by atoms with Crippen molar-refractivity contribution < 1.29 is 4.79 Å². The number of carbonyl (C=O) groups is 1. The number of hydrogen-bond donors (Lipinski definition) is 1. The zero-order chi connectivity index (χ0) is 15.5. The van der Waals surface area contributed by atoms with E-state index in [1.165, 1.54) is 18.4 Å². The molecule has 3 nitrogen and oxygen atoms in total. The number of halogens is 1. The van der Waals surface area contributed by atoms with Gasteiger partial charge in [0.2, 0.25) is 0 Å². The highest BCUT2D eigenvalue weighted by atomic mass is 35.5. The highest BCUT2D eigenvalue weighted by molar-refractivity contribution is 5.95. The largest absolute Gasteiger partial charge is 0.339 e. The molecule has 2 aliphatic heterocycles. The van der Waals surface area contributed by atoms with Crippen molar-refractivity contribution in [1.29, 1.82) is 0 Å². The van der Waals surface area contributed by atoms with Gasteiger partial charge < -0.3 is 10.2 Å². The van der Waals surface area contributed by atoms with Crippen LogP contribution < -0.4 is 5.32 Å². The van der Waals surface area contributed by atoms with Gasteiger partial charge in [-0.2, -0.15) is 0 Å². The summed E-state index contributed by atoms with van der Waals surface area (Å²) in [6.07, 6.45) is 4.68. The van der Waals surface area contributed by atoms with Crippen LogP contribution in [0.15, 0.2) is 18.2 Å². The van der Waals surface area contributed by atoms with Crippen molar-refractivity contribution in [3.05, 3.63) is 34.9 Å². The molecule has 0 aliphatic carbocycles. The number of amides is 1. The quantitative estimate of drug-likeness (QED) is 0.892. The number of nitrogens with one attached hydrogen (secondary N) is 1. The highest BCUT2D eigenvalue weighted by Gasteiger charge is 2.23. The molecule has 0 aromatic heterocycles. The molecule has 0 atom stereocenters. The molecule has 0 radical (unpaired) electrons. The summed E-state index contributed by atoms with van der Waals surface area (Å²) in [5.74, 6) is 1.63. The van der Waals surface area contributed by atoms with E-state index in [-0.39, 0.29) is 18.3 Å². The number of piperidine rings is 2. The Labute approximate surface area is 146 Å². The van der Waals surface area contributed by atoms with E-state index in [2.05, 4.69) is 37.4 Å². The van der Waals surface area contributed by atoms with Gasteiger partial charge in [-0.1, -0.05) is 19.1 Å². The average Bonchev–Trinajstić information content (AvgIpc) is 2.56. The molecule has 3 rings (SSSR count). The number of likely N-dealkylation sites (tertiary alicyclic amines) is 1. The second-order valence-electron chi connectivity index (χ2n) is 7.07. The highest BCUT2D eigenvalue weighted by Crippen LogP contribution is 2.27. The minimum absolute atomic E-state index is 0. The molecular weight excluding hydrogens is 308 g/mol. The smallest absolute Gasteiger partial charge is 0.254 e. The molecule has 1 aromatic rings.